The lowest BCUT2D eigenvalue weighted by Gasteiger charge is -2.23. The molecule has 0 aromatic heterocycles. The van der Waals surface area contributed by atoms with Crippen LogP contribution in [0.5, 0.6) is 5.75 Å². The average molecular weight is 223 g/mol. The predicted octanol–water partition coefficient (Wildman–Crippen LogP) is 1.99. The molecule has 1 unspecified atom stereocenters. The van der Waals surface area contributed by atoms with Crippen LogP contribution in [0, 0.1) is 6.92 Å². The van der Waals surface area contributed by atoms with Crippen molar-refractivity contribution in [3.63, 3.8) is 0 Å². The second-order valence-corrected chi connectivity index (χ2v) is 5.24. The molecular formula is C13H21NO2. The number of aliphatic hydroxyl groups is 1. The Morgan fingerprint density at radius 2 is 1.88 bits per heavy atom. The topological polar surface area (TPSA) is 66.5 Å². The number of hydrogen-bond acceptors (Lipinski definition) is 3. The highest BCUT2D eigenvalue weighted by atomic mass is 16.3. The Kier molecular flexibility index (Phi) is 3.61. The lowest BCUT2D eigenvalue weighted by atomic mass is 9.83. The van der Waals surface area contributed by atoms with Crippen molar-refractivity contribution in [2.45, 2.75) is 39.2 Å². The molecule has 3 nitrogen and oxygen atoms in total. The van der Waals surface area contributed by atoms with E-state index >= 15 is 0 Å². The molecule has 0 spiro atoms. The maximum absolute atomic E-state index is 10.00. The number of phenolic OH excluding ortho intramolecular Hbond substituents is 1. The average Bonchev–Trinajstić information content (AvgIpc) is 2.18. The zero-order chi connectivity index (χ0) is 12.5. The smallest absolute Gasteiger partial charge is 0.122 e. The molecule has 0 amide bonds. The number of hydrogen-bond donors (Lipinski definition) is 3. The maximum atomic E-state index is 10.00. The fourth-order valence-corrected chi connectivity index (χ4v) is 1.71. The Morgan fingerprint density at radius 3 is 2.31 bits per heavy atom. The van der Waals surface area contributed by atoms with E-state index in [0.29, 0.717) is 5.75 Å². The van der Waals surface area contributed by atoms with E-state index in [9.17, 15) is 10.2 Å². The molecule has 1 aromatic carbocycles. The van der Waals surface area contributed by atoms with Crippen molar-refractivity contribution in [1.29, 1.82) is 0 Å². The number of aromatic hydroxyl groups is 1. The Hall–Kier alpha value is -1.06. The van der Waals surface area contributed by atoms with Gasteiger partial charge in [0.25, 0.3) is 0 Å². The molecule has 0 radical (unpaired) electrons. The van der Waals surface area contributed by atoms with E-state index in [1.807, 2.05) is 33.8 Å². The van der Waals surface area contributed by atoms with Gasteiger partial charge in [-0.25, -0.2) is 0 Å². The van der Waals surface area contributed by atoms with Gasteiger partial charge in [0.1, 0.15) is 5.75 Å². The fraction of sp³-hybridized carbons (Fsp3) is 0.538. The van der Waals surface area contributed by atoms with Gasteiger partial charge in [0.05, 0.1) is 6.10 Å². The van der Waals surface area contributed by atoms with Crippen LogP contribution in [-0.4, -0.2) is 16.8 Å². The van der Waals surface area contributed by atoms with Gasteiger partial charge in [0.2, 0.25) is 0 Å². The van der Waals surface area contributed by atoms with Crippen LogP contribution in [0.15, 0.2) is 12.1 Å². The molecule has 1 atom stereocenters. The summed E-state index contributed by atoms with van der Waals surface area (Å²) in [6.45, 7) is 8.10. The van der Waals surface area contributed by atoms with Crippen molar-refractivity contribution >= 4 is 0 Å². The molecule has 1 aromatic rings. The van der Waals surface area contributed by atoms with Gasteiger partial charge in [-0.15, -0.1) is 0 Å². The van der Waals surface area contributed by atoms with E-state index in [4.69, 9.17) is 5.73 Å². The number of rotatable bonds is 2. The summed E-state index contributed by atoms with van der Waals surface area (Å²) in [6, 6.07) is 3.61. The minimum absolute atomic E-state index is 0.154. The Labute approximate surface area is 96.9 Å². The van der Waals surface area contributed by atoms with E-state index in [0.717, 1.165) is 16.7 Å². The third-order valence-corrected chi connectivity index (χ3v) is 2.74. The molecule has 0 saturated carbocycles. The summed E-state index contributed by atoms with van der Waals surface area (Å²) in [5, 5.41) is 19.7. The summed E-state index contributed by atoms with van der Waals surface area (Å²) in [5.74, 6) is 0.306. The molecule has 0 aliphatic rings. The van der Waals surface area contributed by atoms with Crippen LogP contribution in [-0.2, 0) is 5.41 Å². The van der Waals surface area contributed by atoms with Gasteiger partial charge in [-0.1, -0.05) is 20.8 Å². The van der Waals surface area contributed by atoms with Crippen molar-refractivity contribution < 1.29 is 10.2 Å². The van der Waals surface area contributed by atoms with Crippen LogP contribution in [0.25, 0.3) is 0 Å². The molecule has 4 N–H and O–H groups in total. The molecule has 0 fully saturated rings. The second kappa shape index (κ2) is 4.44. The van der Waals surface area contributed by atoms with Gasteiger partial charge in [-0.3, -0.25) is 0 Å². The van der Waals surface area contributed by atoms with Crippen molar-refractivity contribution in [3.8, 4) is 5.75 Å². The molecule has 0 bridgehead atoms. The highest BCUT2D eigenvalue weighted by Gasteiger charge is 2.21. The number of nitrogens with two attached hydrogens (primary N) is 1. The zero-order valence-electron chi connectivity index (χ0n) is 10.4. The predicted molar refractivity (Wildman–Crippen MR) is 65.6 cm³/mol. The summed E-state index contributed by atoms with van der Waals surface area (Å²) >= 11 is 0. The van der Waals surface area contributed by atoms with Crippen LogP contribution in [0.4, 0.5) is 0 Å². The molecule has 0 saturated heterocycles. The molecule has 90 valence electrons. The van der Waals surface area contributed by atoms with Crippen molar-refractivity contribution in [1.82, 2.24) is 0 Å². The summed E-state index contributed by atoms with van der Waals surface area (Å²) < 4.78 is 0. The molecule has 0 heterocycles. The number of phenols is 1. The second-order valence-electron chi connectivity index (χ2n) is 5.24. The van der Waals surface area contributed by atoms with Gasteiger partial charge >= 0.3 is 0 Å². The Bertz CT molecular complexity index is 380. The highest BCUT2D eigenvalue weighted by molar-refractivity contribution is 5.46. The minimum Gasteiger partial charge on any atom is -0.507 e. The van der Waals surface area contributed by atoms with Gasteiger partial charge in [-0.05, 0) is 41.2 Å². The molecule has 16 heavy (non-hydrogen) atoms. The molecule has 3 heteroatoms. The lowest BCUT2D eigenvalue weighted by Crippen LogP contribution is -2.16. The van der Waals surface area contributed by atoms with Gasteiger partial charge in [0, 0.05) is 6.54 Å². The van der Waals surface area contributed by atoms with Gasteiger partial charge < -0.3 is 15.9 Å². The van der Waals surface area contributed by atoms with Crippen molar-refractivity contribution in [2.24, 2.45) is 5.73 Å². The van der Waals surface area contributed by atoms with Crippen LogP contribution < -0.4 is 5.73 Å². The summed E-state index contributed by atoms with van der Waals surface area (Å²) in [4.78, 5) is 0. The number of aliphatic hydroxyl groups excluding tert-OH is 1. The Morgan fingerprint density at radius 1 is 1.31 bits per heavy atom. The molecule has 0 aliphatic carbocycles. The third kappa shape index (κ3) is 2.54. The van der Waals surface area contributed by atoms with Crippen LogP contribution in [0.2, 0.25) is 0 Å². The van der Waals surface area contributed by atoms with Gasteiger partial charge in [0.15, 0.2) is 0 Å². The van der Waals surface area contributed by atoms with E-state index in [-0.39, 0.29) is 12.0 Å². The highest BCUT2D eigenvalue weighted by Crippen LogP contribution is 2.35. The first-order chi connectivity index (χ1) is 7.27. The largest absolute Gasteiger partial charge is 0.507 e. The Balaban J connectivity index is 3.33. The lowest BCUT2D eigenvalue weighted by molar-refractivity contribution is 0.186. The quantitative estimate of drug-likeness (QED) is 0.718. The first kappa shape index (κ1) is 13.0. The SMILES string of the molecule is Cc1cc(C(O)CN)cc(C(C)(C)C)c1O. The number of benzene rings is 1. The maximum Gasteiger partial charge on any atom is 0.122 e. The van der Waals surface area contributed by atoms with E-state index in [2.05, 4.69) is 0 Å². The van der Waals surface area contributed by atoms with E-state index in [1.54, 1.807) is 6.07 Å². The standard InChI is InChI=1S/C13H21NO2/c1-8-5-9(11(15)7-14)6-10(12(8)16)13(2,3)4/h5-6,11,15-16H,7,14H2,1-4H3. The first-order valence-electron chi connectivity index (χ1n) is 5.49. The summed E-state index contributed by atoms with van der Waals surface area (Å²) in [5.41, 5.74) is 7.67. The zero-order valence-corrected chi connectivity index (χ0v) is 10.4. The van der Waals surface area contributed by atoms with Crippen LogP contribution in [0.3, 0.4) is 0 Å². The van der Waals surface area contributed by atoms with Crippen LogP contribution >= 0.6 is 0 Å². The van der Waals surface area contributed by atoms with Gasteiger partial charge in [-0.2, -0.15) is 0 Å². The normalized spacial score (nSPS) is 13.9. The molecular weight excluding hydrogens is 202 g/mol. The molecule has 0 aliphatic heterocycles. The van der Waals surface area contributed by atoms with Crippen molar-refractivity contribution in [2.75, 3.05) is 6.54 Å². The third-order valence-electron chi connectivity index (χ3n) is 2.74. The summed E-state index contributed by atoms with van der Waals surface area (Å²) in [6.07, 6.45) is -0.666. The minimum atomic E-state index is -0.666. The van der Waals surface area contributed by atoms with E-state index in [1.165, 1.54) is 0 Å². The number of aryl methyl sites for hydroxylation is 1. The summed E-state index contributed by atoms with van der Waals surface area (Å²) in [7, 11) is 0. The van der Waals surface area contributed by atoms with E-state index < -0.39 is 6.10 Å². The first-order valence-corrected chi connectivity index (χ1v) is 5.49. The van der Waals surface area contributed by atoms with Crippen LogP contribution in [0.1, 0.15) is 43.6 Å². The van der Waals surface area contributed by atoms with Crippen molar-refractivity contribution in [3.05, 3.63) is 28.8 Å². The monoisotopic (exact) mass is 223 g/mol. The fourth-order valence-electron chi connectivity index (χ4n) is 1.71. The molecule has 1 rings (SSSR count).